The van der Waals surface area contributed by atoms with Crippen molar-refractivity contribution in [1.82, 2.24) is 0 Å². The molecule has 0 atom stereocenters. The first-order valence-electron chi connectivity index (χ1n) is 8.90. The lowest BCUT2D eigenvalue weighted by molar-refractivity contribution is -0.137. The van der Waals surface area contributed by atoms with Crippen LogP contribution in [0.4, 0.5) is 24.5 Å². The molecule has 1 aliphatic heterocycles. The number of anilines is 2. The number of alkyl halides is 3. The van der Waals surface area contributed by atoms with Gasteiger partial charge in [-0.1, -0.05) is 20.8 Å². The van der Waals surface area contributed by atoms with E-state index in [1.807, 2.05) is 20.8 Å². The van der Waals surface area contributed by atoms with Crippen molar-refractivity contribution in [2.45, 2.75) is 33.4 Å². The summed E-state index contributed by atoms with van der Waals surface area (Å²) in [6, 6.07) is 9.34. The summed E-state index contributed by atoms with van der Waals surface area (Å²) < 4.78 is 37.9. The van der Waals surface area contributed by atoms with Crippen molar-refractivity contribution >= 4 is 23.2 Å². The van der Waals surface area contributed by atoms with Gasteiger partial charge in [0.25, 0.3) is 5.91 Å². The van der Waals surface area contributed by atoms with Gasteiger partial charge in [0.1, 0.15) is 0 Å². The maximum Gasteiger partial charge on any atom is 0.416 e. The van der Waals surface area contributed by atoms with Crippen molar-refractivity contribution in [3.05, 3.63) is 59.2 Å². The van der Waals surface area contributed by atoms with Crippen LogP contribution in [0.5, 0.6) is 0 Å². The summed E-state index contributed by atoms with van der Waals surface area (Å²) >= 11 is 0. The molecule has 148 valence electrons. The SMILES string of the molecule is CC(C)(C)C(=O)N1CCc2cc(NC(=O)c3ccc(C(F)(F)F)cc3)ccc21. The van der Waals surface area contributed by atoms with Crippen molar-refractivity contribution in [2.75, 3.05) is 16.8 Å². The van der Waals surface area contributed by atoms with Crippen LogP contribution in [0.1, 0.15) is 42.3 Å². The average molecular weight is 390 g/mol. The van der Waals surface area contributed by atoms with Crippen molar-refractivity contribution in [3.8, 4) is 0 Å². The summed E-state index contributed by atoms with van der Waals surface area (Å²) in [5.74, 6) is -0.456. The molecule has 2 amide bonds. The van der Waals surface area contributed by atoms with E-state index >= 15 is 0 Å². The maximum atomic E-state index is 12.6. The van der Waals surface area contributed by atoms with Crippen molar-refractivity contribution < 1.29 is 22.8 Å². The molecule has 4 nitrogen and oxygen atoms in total. The van der Waals surface area contributed by atoms with E-state index in [9.17, 15) is 22.8 Å². The predicted molar refractivity (Wildman–Crippen MR) is 101 cm³/mol. The van der Waals surface area contributed by atoms with Crippen LogP contribution in [-0.4, -0.2) is 18.4 Å². The van der Waals surface area contributed by atoms with Crippen LogP contribution in [0.25, 0.3) is 0 Å². The second-order valence-corrected chi connectivity index (χ2v) is 7.83. The van der Waals surface area contributed by atoms with E-state index in [1.54, 1.807) is 23.1 Å². The summed E-state index contributed by atoms with van der Waals surface area (Å²) in [6.45, 7) is 6.19. The Labute approximate surface area is 161 Å². The smallest absolute Gasteiger partial charge is 0.322 e. The molecule has 0 fully saturated rings. The van der Waals surface area contributed by atoms with Crippen LogP contribution in [0.15, 0.2) is 42.5 Å². The van der Waals surface area contributed by atoms with Gasteiger partial charge in [-0.05, 0) is 54.4 Å². The van der Waals surface area contributed by atoms with Gasteiger partial charge in [-0.25, -0.2) is 0 Å². The van der Waals surface area contributed by atoms with E-state index in [2.05, 4.69) is 5.32 Å². The first-order chi connectivity index (χ1) is 13.0. The summed E-state index contributed by atoms with van der Waals surface area (Å²) in [5, 5.41) is 2.70. The largest absolute Gasteiger partial charge is 0.416 e. The number of carbonyl (C=O) groups is 2. The van der Waals surface area contributed by atoms with E-state index in [4.69, 9.17) is 0 Å². The molecular weight excluding hydrogens is 369 g/mol. The molecule has 1 aliphatic rings. The summed E-state index contributed by atoms with van der Waals surface area (Å²) in [6.07, 6.45) is -3.76. The van der Waals surface area contributed by atoms with Gasteiger partial charge in [-0.15, -0.1) is 0 Å². The van der Waals surface area contributed by atoms with E-state index in [0.29, 0.717) is 18.7 Å². The zero-order valence-electron chi connectivity index (χ0n) is 15.9. The van der Waals surface area contributed by atoms with Crippen molar-refractivity contribution in [2.24, 2.45) is 5.41 Å². The Bertz CT molecular complexity index is 913. The third kappa shape index (κ3) is 4.03. The van der Waals surface area contributed by atoms with E-state index in [0.717, 1.165) is 35.5 Å². The fraction of sp³-hybridized carbons (Fsp3) is 0.333. The fourth-order valence-electron chi connectivity index (χ4n) is 3.11. The lowest BCUT2D eigenvalue weighted by Gasteiger charge is -2.26. The molecular formula is C21H21F3N2O2. The zero-order chi connectivity index (χ0) is 20.7. The van der Waals surface area contributed by atoms with E-state index in [1.165, 1.54) is 0 Å². The first kappa shape index (κ1) is 19.9. The Kier molecular flexibility index (Phi) is 4.95. The van der Waals surface area contributed by atoms with Gasteiger partial charge in [-0.2, -0.15) is 13.2 Å². The Hall–Kier alpha value is -2.83. The van der Waals surface area contributed by atoms with Crippen LogP contribution < -0.4 is 10.2 Å². The minimum atomic E-state index is -4.44. The molecule has 0 aromatic heterocycles. The fourth-order valence-corrected chi connectivity index (χ4v) is 3.11. The number of fused-ring (bicyclic) bond motifs is 1. The van der Waals surface area contributed by atoms with Crippen LogP contribution in [0.2, 0.25) is 0 Å². The van der Waals surface area contributed by atoms with Crippen molar-refractivity contribution in [1.29, 1.82) is 0 Å². The molecule has 2 aromatic carbocycles. The van der Waals surface area contributed by atoms with Gasteiger partial charge in [0, 0.05) is 28.9 Å². The van der Waals surface area contributed by atoms with Crippen LogP contribution in [-0.2, 0) is 17.4 Å². The number of carbonyl (C=O) groups excluding carboxylic acids is 2. The van der Waals surface area contributed by atoms with E-state index < -0.39 is 23.1 Å². The molecule has 28 heavy (non-hydrogen) atoms. The molecule has 0 radical (unpaired) electrons. The molecule has 0 aliphatic carbocycles. The second-order valence-electron chi connectivity index (χ2n) is 7.83. The molecule has 0 spiro atoms. The minimum Gasteiger partial charge on any atom is -0.322 e. The van der Waals surface area contributed by atoms with Crippen LogP contribution in [0, 0.1) is 5.41 Å². The molecule has 0 saturated heterocycles. The highest BCUT2D eigenvalue weighted by Crippen LogP contribution is 2.34. The van der Waals surface area contributed by atoms with Gasteiger partial charge in [0.2, 0.25) is 5.91 Å². The Balaban J connectivity index is 1.74. The average Bonchev–Trinajstić information content (AvgIpc) is 3.02. The highest BCUT2D eigenvalue weighted by Gasteiger charge is 2.32. The number of nitrogens with one attached hydrogen (secondary N) is 1. The molecule has 2 aromatic rings. The highest BCUT2D eigenvalue weighted by atomic mass is 19.4. The van der Waals surface area contributed by atoms with Gasteiger partial charge >= 0.3 is 6.18 Å². The van der Waals surface area contributed by atoms with Gasteiger partial charge in [0.05, 0.1) is 5.56 Å². The number of amides is 2. The highest BCUT2D eigenvalue weighted by molar-refractivity contribution is 6.05. The topological polar surface area (TPSA) is 49.4 Å². The molecule has 7 heteroatoms. The summed E-state index contributed by atoms with van der Waals surface area (Å²) in [5.41, 5.74) is 1.16. The molecule has 0 unspecified atom stereocenters. The second kappa shape index (κ2) is 6.96. The number of halogens is 3. The van der Waals surface area contributed by atoms with Gasteiger partial charge in [0.15, 0.2) is 0 Å². The number of benzene rings is 2. The number of hydrogen-bond acceptors (Lipinski definition) is 2. The third-order valence-electron chi connectivity index (χ3n) is 4.59. The maximum absolute atomic E-state index is 12.6. The number of rotatable bonds is 2. The third-order valence-corrected chi connectivity index (χ3v) is 4.59. The van der Waals surface area contributed by atoms with Crippen LogP contribution >= 0.6 is 0 Å². The van der Waals surface area contributed by atoms with Crippen molar-refractivity contribution in [3.63, 3.8) is 0 Å². The first-order valence-corrected chi connectivity index (χ1v) is 8.90. The lowest BCUT2D eigenvalue weighted by Crippen LogP contribution is -2.38. The Morgan fingerprint density at radius 2 is 1.64 bits per heavy atom. The normalized spacial score (nSPS) is 14.0. The number of hydrogen-bond donors (Lipinski definition) is 1. The quantitative estimate of drug-likeness (QED) is 0.794. The zero-order valence-corrected chi connectivity index (χ0v) is 15.9. The summed E-state index contributed by atoms with van der Waals surface area (Å²) in [4.78, 5) is 26.6. The standard InChI is InChI=1S/C21H21F3N2O2/c1-20(2,3)19(28)26-11-10-14-12-16(8-9-17(14)26)25-18(27)13-4-6-15(7-5-13)21(22,23)24/h4-9,12H,10-11H2,1-3H3,(H,25,27). The molecule has 0 saturated carbocycles. The molecule has 0 bridgehead atoms. The predicted octanol–water partition coefficient (Wildman–Crippen LogP) is 4.89. The van der Waals surface area contributed by atoms with E-state index in [-0.39, 0.29) is 11.5 Å². The monoisotopic (exact) mass is 390 g/mol. The Morgan fingerprint density at radius 1 is 1.00 bits per heavy atom. The van der Waals surface area contributed by atoms with Crippen LogP contribution in [0.3, 0.4) is 0 Å². The summed E-state index contributed by atoms with van der Waals surface area (Å²) in [7, 11) is 0. The van der Waals surface area contributed by atoms with Gasteiger partial charge < -0.3 is 10.2 Å². The molecule has 1 N–H and O–H groups in total. The van der Waals surface area contributed by atoms with Gasteiger partial charge in [-0.3, -0.25) is 9.59 Å². The lowest BCUT2D eigenvalue weighted by atomic mass is 9.94. The molecule has 3 rings (SSSR count). The molecule has 1 heterocycles. The number of nitrogens with zero attached hydrogens (tertiary/aromatic N) is 1. The Morgan fingerprint density at radius 3 is 2.21 bits per heavy atom. The minimum absolute atomic E-state index is 0.0350.